The second kappa shape index (κ2) is 5.25. The van der Waals surface area contributed by atoms with E-state index in [1.807, 2.05) is 20.8 Å². The molecule has 2 rings (SSSR count). The molecule has 1 aliphatic heterocycles. The molecule has 2 unspecified atom stereocenters. The molecule has 1 aliphatic carbocycles. The van der Waals surface area contributed by atoms with Crippen LogP contribution in [0.2, 0.25) is 0 Å². The maximum Gasteiger partial charge on any atom is 0.425 e. The molecule has 1 saturated heterocycles. The van der Waals surface area contributed by atoms with Gasteiger partial charge < -0.3 is 10.1 Å². The Hall–Kier alpha value is -1.49. The van der Waals surface area contributed by atoms with E-state index in [4.69, 9.17) is 4.74 Å². The molecule has 5 heteroatoms. The standard InChI is InChI=1S/C14H23N3O2/c1-14(2,3)19-13(18)17(15-4)12-9-16-11-8-6-5-7-10(11)12/h5-6,8,10,12,15-16H,7,9H2,1-4H3. The Morgan fingerprint density at radius 3 is 2.89 bits per heavy atom. The molecular formula is C14H23N3O2. The molecule has 19 heavy (non-hydrogen) atoms. The molecule has 1 amide bonds. The highest BCUT2D eigenvalue weighted by Gasteiger charge is 2.39. The van der Waals surface area contributed by atoms with Gasteiger partial charge in [0, 0.05) is 25.2 Å². The molecule has 106 valence electrons. The lowest BCUT2D eigenvalue weighted by Crippen LogP contribution is -2.52. The van der Waals surface area contributed by atoms with Crippen LogP contribution in [0.4, 0.5) is 4.79 Å². The predicted molar refractivity (Wildman–Crippen MR) is 74.3 cm³/mol. The van der Waals surface area contributed by atoms with E-state index in [9.17, 15) is 4.79 Å². The molecule has 0 spiro atoms. The average Bonchev–Trinajstić information content (AvgIpc) is 2.72. The summed E-state index contributed by atoms with van der Waals surface area (Å²) < 4.78 is 5.44. The first-order chi connectivity index (χ1) is 8.92. The predicted octanol–water partition coefficient (Wildman–Crippen LogP) is 1.79. The largest absolute Gasteiger partial charge is 0.443 e. The Kier molecular flexibility index (Phi) is 3.85. The number of nitrogens with one attached hydrogen (secondary N) is 2. The maximum absolute atomic E-state index is 12.2. The molecule has 1 fully saturated rings. The lowest BCUT2D eigenvalue weighted by atomic mass is 9.93. The number of ether oxygens (including phenoxy) is 1. The number of allylic oxidation sites excluding steroid dienone is 3. The van der Waals surface area contributed by atoms with Gasteiger partial charge in [-0.3, -0.25) is 0 Å². The average molecular weight is 265 g/mol. The van der Waals surface area contributed by atoms with Crippen LogP contribution in [0.15, 0.2) is 23.9 Å². The molecule has 0 radical (unpaired) electrons. The molecule has 2 N–H and O–H groups in total. The summed E-state index contributed by atoms with van der Waals surface area (Å²) in [5, 5.41) is 4.96. The SMILES string of the molecule is CNN(C(=O)OC(C)(C)C)C1CNC2=CC=CCC21. The van der Waals surface area contributed by atoms with Crippen molar-refractivity contribution in [2.45, 2.75) is 38.8 Å². The quantitative estimate of drug-likeness (QED) is 0.747. The van der Waals surface area contributed by atoms with Gasteiger partial charge >= 0.3 is 6.09 Å². The van der Waals surface area contributed by atoms with Crippen molar-refractivity contribution in [2.75, 3.05) is 13.6 Å². The summed E-state index contributed by atoms with van der Waals surface area (Å²) in [7, 11) is 1.75. The highest BCUT2D eigenvalue weighted by molar-refractivity contribution is 5.68. The second-order valence-corrected chi connectivity index (χ2v) is 5.91. The fourth-order valence-electron chi connectivity index (χ4n) is 2.54. The van der Waals surface area contributed by atoms with Gasteiger partial charge in [0.1, 0.15) is 5.60 Å². The van der Waals surface area contributed by atoms with Crippen LogP contribution in [0.3, 0.4) is 0 Å². The Bertz CT molecular complexity index is 409. The van der Waals surface area contributed by atoms with Crippen LogP contribution >= 0.6 is 0 Å². The highest BCUT2D eigenvalue weighted by Crippen LogP contribution is 2.30. The first kappa shape index (κ1) is 13.9. The molecule has 0 saturated carbocycles. The van der Waals surface area contributed by atoms with E-state index < -0.39 is 5.60 Å². The number of fused-ring (bicyclic) bond motifs is 1. The van der Waals surface area contributed by atoms with Gasteiger partial charge in [0.2, 0.25) is 0 Å². The van der Waals surface area contributed by atoms with Gasteiger partial charge in [-0.25, -0.2) is 15.2 Å². The van der Waals surface area contributed by atoms with Gasteiger partial charge in [0.05, 0.1) is 6.04 Å². The van der Waals surface area contributed by atoms with E-state index in [-0.39, 0.29) is 12.1 Å². The van der Waals surface area contributed by atoms with Gasteiger partial charge in [0.25, 0.3) is 0 Å². The number of rotatable bonds is 2. The molecule has 2 aliphatic rings. The van der Waals surface area contributed by atoms with Crippen LogP contribution in [0.25, 0.3) is 0 Å². The number of carbonyl (C=O) groups is 1. The first-order valence-corrected chi connectivity index (χ1v) is 6.72. The Morgan fingerprint density at radius 2 is 2.26 bits per heavy atom. The molecule has 0 aromatic rings. The van der Waals surface area contributed by atoms with Gasteiger partial charge in [-0.1, -0.05) is 12.2 Å². The summed E-state index contributed by atoms with van der Waals surface area (Å²) in [5.74, 6) is 0.324. The smallest absolute Gasteiger partial charge is 0.425 e. The third kappa shape index (κ3) is 3.10. The molecule has 0 aromatic carbocycles. The van der Waals surface area contributed by atoms with Crippen LogP contribution in [-0.2, 0) is 4.74 Å². The summed E-state index contributed by atoms with van der Waals surface area (Å²) >= 11 is 0. The summed E-state index contributed by atoms with van der Waals surface area (Å²) in [5.41, 5.74) is 3.69. The number of carbonyl (C=O) groups excluding carboxylic acids is 1. The lowest BCUT2D eigenvalue weighted by Gasteiger charge is -2.33. The summed E-state index contributed by atoms with van der Waals surface area (Å²) in [6, 6.07) is 0.0797. The zero-order valence-corrected chi connectivity index (χ0v) is 12.1. The third-order valence-electron chi connectivity index (χ3n) is 3.34. The maximum atomic E-state index is 12.2. The Morgan fingerprint density at radius 1 is 1.53 bits per heavy atom. The topological polar surface area (TPSA) is 53.6 Å². The van der Waals surface area contributed by atoms with Crippen LogP contribution < -0.4 is 10.7 Å². The van der Waals surface area contributed by atoms with E-state index in [1.54, 1.807) is 12.1 Å². The zero-order chi connectivity index (χ0) is 14.0. The van der Waals surface area contributed by atoms with Gasteiger partial charge in [-0.15, -0.1) is 0 Å². The normalized spacial score (nSPS) is 25.4. The van der Waals surface area contributed by atoms with Crippen molar-refractivity contribution in [2.24, 2.45) is 5.92 Å². The molecular weight excluding hydrogens is 242 g/mol. The number of hydrogen-bond donors (Lipinski definition) is 2. The van der Waals surface area contributed by atoms with Crippen molar-refractivity contribution in [1.82, 2.24) is 15.8 Å². The minimum Gasteiger partial charge on any atom is -0.443 e. The van der Waals surface area contributed by atoms with Crippen LogP contribution in [0, 0.1) is 5.92 Å². The minimum absolute atomic E-state index is 0.0797. The number of amides is 1. The van der Waals surface area contributed by atoms with E-state index in [0.717, 1.165) is 13.0 Å². The fraction of sp³-hybridized carbons (Fsp3) is 0.643. The summed E-state index contributed by atoms with van der Waals surface area (Å²) in [6.45, 7) is 6.37. The zero-order valence-electron chi connectivity index (χ0n) is 12.1. The van der Waals surface area contributed by atoms with Crippen molar-refractivity contribution >= 4 is 6.09 Å². The third-order valence-corrected chi connectivity index (χ3v) is 3.34. The molecule has 0 bridgehead atoms. The first-order valence-electron chi connectivity index (χ1n) is 6.72. The number of nitrogens with zero attached hydrogens (tertiary/aromatic N) is 1. The molecule has 2 atom stereocenters. The number of hydrogen-bond acceptors (Lipinski definition) is 4. The van der Waals surface area contributed by atoms with Crippen molar-refractivity contribution in [3.63, 3.8) is 0 Å². The van der Waals surface area contributed by atoms with Gasteiger partial charge in [0.15, 0.2) is 0 Å². The van der Waals surface area contributed by atoms with E-state index in [1.165, 1.54) is 5.70 Å². The van der Waals surface area contributed by atoms with E-state index in [0.29, 0.717) is 5.92 Å². The van der Waals surface area contributed by atoms with Crippen LogP contribution in [-0.4, -0.2) is 36.3 Å². The van der Waals surface area contributed by atoms with Crippen LogP contribution in [0.1, 0.15) is 27.2 Å². The van der Waals surface area contributed by atoms with Crippen molar-refractivity contribution < 1.29 is 9.53 Å². The van der Waals surface area contributed by atoms with E-state index >= 15 is 0 Å². The summed E-state index contributed by atoms with van der Waals surface area (Å²) in [4.78, 5) is 12.2. The second-order valence-electron chi connectivity index (χ2n) is 5.91. The van der Waals surface area contributed by atoms with E-state index in [2.05, 4.69) is 29.0 Å². The molecule has 5 nitrogen and oxygen atoms in total. The van der Waals surface area contributed by atoms with Gasteiger partial charge in [-0.05, 0) is 33.3 Å². The number of hydrazine groups is 1. The van der Waals surface area contributed by atoms with Crippen molar-refractivity contribution in [3.8, 4) is 0 Å². The Labute approximate surface area is 114 Å². The molecule has 0 aromatic heterocycles. The Balaban J connectivity index is 2.08. The van der Waals surface area contributed by atoms with Crippen LogP contribution in [0.5, 0.6) is 0 Å². The van der Waals surface area contributed by atoms with Crippen molar-refractivity contribution in [3.05, 3.63) is 23.9 Å². The van der Waals surface area contributed by atoms with Gasteiger partial charge in [-0.2, -0.15) is 0 Å². The fourth-order valence-corrected chi connectivity index (χ4v) is 2.54. The lowest BCUT2D eigenvalue weighted by molar-refractivity contribution is 0.00232. The highest BCUT2D eigenvalue weighted by atomic mass is 16.6. The summed E-state index contributed by atoms with van der Waals surface area (Å²) in [6.07, 6.45) is 6.90. The minimum atomic E-state index is -0.483. The molecule has 1 heterocycles. The monoisotopic (exact) mass is 265 g/mol. The van der Waals surface area contributed by atoms with Crippen molar-refractivity contribution in [1.29, 1.82) is 0 Å².